The van der Waals surface area contributed by atoms with Crippen molar-refractivity contribution >= 4 is 24.3 Å². The van der Waals surface area contributed by atoms with Gasteiger partial charge in [-0.2, -0.15) is 0 Å². The van der Waals surface area contributed by atoms with Crippen LogP contribution in [0, 0.1) is 5.92 Å². The Balaban J connectivity index is 0.00000200. The lowest BCUT2D eigenvalue weighted by molar-refractivity contribution is -0.130. The van der Waals surface area contributed by atoms with E-state index in [1.165, 1.54) is 11.3 Å². The summed E-state index contributed by atoms with van der Waals surface area (Å²) in [6.45, 7) is 7.88. The molecule has 3 amide bonds. The number of carbonyl (C=O) groups is 2. The van der Waals surface area contributed by atoms with Crippen LogP contribution in [0.5, 0.6) is 0 Å². The van der Waals surface area contributed by atoms with Crippen LogP contribution in [0.4, 0.5) is 4.79 Å². The van der Waals surface area contributed by atoms with Crippen LogP contribution in [-0.2, 0) is 4.79 Å². The van der Waals surface area contributed by atoms with Crippen LogP contribution >= 0.6 is 12.4 Å². The zero-order chi connectivity index (χ0) is 14.0. The quantitative estimate of drug-likeness (QED) is 0.716. The molecule has 0 aromatic heterocycles. The Morgan fingerprint density at radius 2 is 2.05 bits per heavy atom. The molecule has 0 spiro atoms. The minimum atomic E-state index is -0.753. The van der Waals surface area contributed by atoms with E-state index in [0.29, 0.717) is 12.5 Å². The lowest BCUT2D eigenvalue weighted by atomic mass is 10.1. The minimum absolute atomic E-state index is 0. The molecule has 2 fully saturated rings. The van der Waals surface area contributed by atoms with Crippen molar-refractivity contribution in [2.75, 3.05) is 39.8 Å². The van der Waals surface area contributed by atoms with Gasteiger partial charge in [-0.05, 0) is 46.3 Å². The highest BCUT2D eigenvalue weighted by Gasteiger charge is 2.44. The van der Waals surface area contributed by atoms with Crippen LogP contribution in [0.3, 0.4) is 0 Å². The van der Waals surface area contributed by atoms with E-state index in [2.05, 4.69) is 15.5 Å². The Morgan fingerprint density at radius 1 is 1.35 bits per heavy atom. The van der Waals surface area contributed by atoms with E-state index in [9.17, 15) is 9.59 Å². The minimum Gasteiger partial charge on any atom is -0.324 e. The summed E-state index contributed by atoms with van der Waals surface area (Å²) in [7, 11) is 1.97. The fourth-order valence-corrected chi connectivity index (χ4v) is 2.83. The van der Waals surface area contributed by atoms with Crippen molar-refractivity contribution < 1.29 is 9.59 Å². The van der Waals surface area contributed by atoms with Crippen LogP contribution < -0.4 is 10.6 Å². The smallest absolute Gasteiger partial charge is 0.324 e. The van der Waals surface area contributed by atoms with Crippen molar-refractivity contribution in [3.8, 4) is 0 Å². The van der Waals surface area contributed by atoms with Gasteiger partial charge in [-0.25, -0.2) is 4.79 Å². The Labute approximate surface area is 126 Å². The predicted octanol–water partition coefficient (Wildman–Crippen LogP) is 0.280. The Kier molecular flexibility index (Phi) is 5.79. The summed E-state index contributed by atoms with van der Waals surface area (Å²) in [6.07, 6.45) is 1.19. The van der Waals surface area contributed by atoms with E-state index in [0.717, 1.165) is 26.2 Å². The van der Waals surface area contributed by atoms with Gasteiger partial charge in [0.1, 0.15) is 5.54 Å². The van der Waals surface area contributed by atoms with Gasteiger partial charge >= 0.3 is 6.03 Å². The average molecular weight is 305 g/mol. The summed E-state index contributed by atoms with van der Waals surface area (Å²) < 4.78 is 0. The molecule has 116 valence electrons. The van der Waals surface area contributed by atoms with Crippen LogP contribution in [0.15, 0.2) is 0 Å². The van der Waals surface area contributed by atoms with Crippen molar-refractivity contribution in [3.63, 3.8) is 0 Å². The molecule has 1 unspecified atom stereocenters. The maximum atomic E-state index is 12.0. The fourth-order valence-electron chi connectivity index (χ4n) is 2.83. The first-order chi connectivity index (χ1) is 8.94. The Morgan fingerprint density at radius 3 is 2.60 bits per heavy atom. The van der Waals surface area contributed by atoms with Crippen LogP contribution in [0.2, 0.25) is 0 Å². The summed E-state index contributed by atoms with van der Waals surface area (Å²) in [4.78, 5) is 27.4. The van der Waals surface area contributed by atoms with Crippen molar-refractivity contribution in [1.29, 1.82) is 0 Å². The van der Waals surface area contributed by atoms with Crippen LogP contribution in [0.25, 0.3) is 0 Å². The molecule has 6 nitrogen and oxygen atoms in total. The summed E-state index contributed by atoms with van der Waals surface area (Å²) in [5, 5.41) is 5.90. The highest BCUT2D eigenvalue weighted by molar-refractivity contribution is 6.06. The second-order valence-corrected chi connectivity index (χ2v) is 6.02. The summed E-state index contributed by atoms with van der Waals surface area (Å²) in [5.74, 6) is 0.563. The van der Waals surface area contributed by atoms with E-state index in [4.69, 9.17) is 0 Å². The average Bonchev–Trinajstić information content (AvgIpc) is 2.83. The van der Waals surface area contributed by atoms with Gasteiger partial charge in [0, 0.05) is 19.6 Å². The van der Waals surface area contributed by atoms with E-state index < -0.39 is 5.54 Å². The highest BCUT2D eigenvalue weighted by Crippen LogP contribution is 2.18. The molecule has 0 aromatic carbocycles. The topological polar surface area (TPSA) is 64.7 Å². The van der Waals surface area contributed by atoms with E-state index in [-0.39, 0.29) is 24.3 Å². The monoisotopic (exact) mass is 304 g/mol. The predicted molar refractivity (Wildman–Crippen MR) is 80.0 cm³/mol. The third-order valence-electron chi connectivity index (χ3n) is 3.95. The number of amides is 3. The van der Waals surface area contributed by atoms with Crippen molar-refractivity contribution in [3.05, 3.63) is 0 Å². The lowest BCUT2D eigenvalue weighted by Crippen LogP contribution is -2.41. The summed E-state index contributed by atoms with van der Waals surface area (Å²) in [6, 6.07) is -0.263. The van der Waals surface area contributed by atoms with Gasteiger partial charge < -0.3 is 15.5 Å². The molecule has 1 atom stereocenters. The third kappa shape index (κ3) is 3.62. The van der Waals surface area contributed by atoms with Crippen molar-refractivity contribution in [1.82, 2.24) is 20.4 Å². The first kappa shape index (κ1) is 17.2. The first-order valence-corrected chi connectivity index (χ1v) is 6.95. The molecule has 0 aliphatic carbocycles. The number of halogens is 1. The Hall–Kier alpha value is -0.850. The standard InChI is InChI=1S/C13H24N4O2.ClH/c1-13(2)11(18)17(12(19)15-13)7-6-16-5-4-10(9-16)8-14-3;/h10,14H,4-9H2,1-3H3,(H,15,19);1H. The molecule has 2 heterocycles. The largest absolute Gasteiger partial charge is 0.325 e. The zero-order valence-electron chi connectivity index (χ0n) is 12.4. The summed E-state index contributed by atoms with van der Waals surface area (Å²) >= 11 is 0. The molecule has 2 rings (SSSR count). The number of likely N-dealkylation sites (tertiary alicyclic amines) is 1. The molecular weight excluding hydrogens is 280 g/mol. The fraction of sp³-hybridized carbons (Fsp3) is 0.846. The number of nitrogens with one attached hydrogen (secondary N) is 2. The molecule has 2 N–H and O–H groups in total. The highest BCUT2D eigenvalue weighted by atomic mass is 35.5. The molecule has 2 aliphatic heterocycles. The maximum absolute atomic E-state index is 12.0. The van der Waals surface area contributed by atoms with Crippen molar-refractivity contribution in [2.45, 2.75) is 25.8 Å². The molecule has 7 heteroatoms. The van der Waals surface area contributed by atoms with Crippen LogP contribution in [0.1, 0.15) is 20.3 Å². The van der Waals surface area contributed by atoms with Gasteiger partial charge in [0.05, 0.1) is 0 Å². The normalized spacial score (nSPS) is 25.8. The van der Waals surface area contributed by atoms with Gasteiger partial charge in [-0.15, -0.1) is 12.4 Å². The van der Waals surface area contributed by atoms with Gasteiger partial charge in [0.25, 0.3) is 5.91 Å². The number of hydrogen-bond acceptors (Lipinski definition) is 4. The molecular formula is C13H25ClN4O2. The van der Waals surface area contributed by atoms with Gasteiger partial charge in [-0.1, -0.05) is 0 Å². The van der Waals surface area contributed by atoms with Crippen LogP contribution in [-0.4, -0.2) is 67.0 Å². The first-order valence-electron chi connectivity index (χ1n) is 6.95. The maximum Gasteiger partial charge on any atom is 0.325 e. The number of carbonyl (C=O) groups excluding carboxylic acids is 2. The molecule has 0 saturated carbocycles. The SMILES string of the molecule is CNCC1CCN(CCN2C(=O)NC(C)(C)C2=O)C1.Cl. The second kappa shape index (κ2) is 6.74. The van der Waals surface area contributed by atoms with E-state index in [1.807, 2.05) is 7.05 Å². The van der Waals surface area contributed by atoms with Gasteiger partial charge in [0.15, 0.2) is 0 Å². The number of urea groups is 1. The molecule has 2 aliphatic rings. The van der Waals surface area contributed by atoms with Gasteiger partial charge in [0.2, 0.25) is 0 Å². The number of rotatable bonds is 5. The van der Waals surface area contributed by atoms with E-state index in [1.54, 1.807) is 13.8 Å². The lowest BCUT2D eigenvalue weighted by Gasteiger charge is -2.20. The molecule has 0 bridgehead atoms. The zero-order valence-corrected chi connectivity index (χ0v) is 13.3. The number of imide groups is 1. The molecule has 2 saturated heterocycles. The molecule has 0 radical (unpaired) electrons. The van der Waals surface area contributed by atoms with Crippen molar-refractivity contribution in [2.24, 2.45) is 5.92 Å². The molecule has 20 heavy (non-hydrogen) atoms. The van der Waals surface area contributed by atoms with Gasteiger partial charge in [-0.3, -0.25) is 9.69 Å². The summed E-state index contributed by atoms with van der Waals surface area (Å²) in [5.41, 5.74) is -0.753. The van der Waals surface area contributed by atoms with E-state index >= 15 is 0 Å². The Bertz CT molecular complexity index is 375. The second-order valence-electron chi connectivity index (χ2n) is 6.02. The number of nitrogens with zero attached hydrogens (tertiary/aromatic N) is 2. The molecule has 0 aromatic rings. The number of hydrogen-bond donors (Lipinski definition) is 2. The third-order valence-corrected chi connectivity index (χ3v) is 3.95.